The van der Waals surface area contributed by atoms with Crippen LogP contribution in [0.4, 0.5) is 0 Å². The number of benzene rings is 2. The van der Waals surface area contributed by atoms with Crippen molar-refractivity contribution in [2.24, 2.45) is 0 Å². The Morgan fingerprint density at radius 1 is 1.25 bits per heavy atom. The van der Waals surface area contributed by atoms with Crippen molar-refractivity contribution in [3.05, 3.63) is 65.2 Å². The molecule has 0 aliphatic carbocycles. The van der Waals surface area contributed by atoms with E-state index in [2.05, 4.69) is 29.3 Å². The third-order valence-electron chi connectivity index (χ3n) is 5.27. The Morgan fingerprint density at radius 3 is 2.66 bits per heavy atom. The second kappa shape index (κ2) is 10.7. The Balaban J connectivity index is 1.53. The zero-order valence-electron chi connectivity index (χ0n) is 18.3. The van der Waals surface area contributed by atoms with Gasteiger partial charge >= 0.3 is 0 Å². The highest BCUT2D eigenvalue weighted by molar-refractivity contribution is 7.89. The third kappa shape index (κ3) is 6.37. The molecule has 2 aromatic rings. The quantitative estimate of drug-likeness (QED) is 0.649. The topological polar surface area (TPSA) is 103 Å². The van der Waals surface area contributed by atoms with E-state index >= 15 is 0 Å². The van der Waals surface area contributed by atoms with Gasteiger partial charge in [0.25, 0.3) is 0 Å². The molecule has 1 saturated heterocycles. The van der Waals surface area contributed by atoms with Crippen LogP contribution in [0.2, 0.25) is 0 Å². The van der Waals surface area contributed by atoms with Crippen molar-refractivity contribution in [3.8, 4) is 6.07 Å². The molecule has 1 heterocycles. The van der Waals surface area contributed by atoms with Gasteiger partial charge in [0.15, 0.2) is 0 Å². The van der Waals surface area contributed by atoms with Crippen LogP contribution in [-0.2, 0) is 32.6 Å². The summed E-state index contributed by atoms with van der Waals surface area (Å²) in [5.74, 6) is -0.392. The molecule has 0 aromatic heterocycles. The molecular weight excluding hydrogens is 428 g/mol. The van der Waals surface area contributed by atoms with Crippen LogP contribution in [0.3, 0.4) is 0 Å². The van der Waals surface area contributed by atoms with Gasteiger partial charge in [-0.2, -0.15) is 9.57 Å². The van der Waals surface area contributed by atoms with Crippen LogP contribution in [0, 0.1) is 11.3 Å². The average molecular weight is 457 g/mol. The van der Waals surface area contributed by atoms with E-state index in [9.17, 15) is 13.2 Å². The second-order valence-corrected chi connectivity index (χ2v) is 9.96. The van der Waals surface area contributed by atoms with Crippen LogP contribution in [0.1, 0.15) is 23.6 Å². The predicted molar refractivity (Wildman–Crippen MR) is 120 cm³/mol. The number of ether oxygens (including phenoxy) is 1. The van der Waals surface area contributed by atoms with Gasteiger partial charge in [-0.3, -0.25) is 9.69 Å². The normalized spacial score (nSPS) is 17.1. The molecule has 170 valence electrons. The zero-order chi connectivity index (χ0) is 23.1. The average Bonchev–Trinajstić information content (AvgIpc) is 2.78. The summed E-state index contributed by atoms with van der Waals surface area (Å²) in [5.41, 5.74) is 2.48. The summed E-state index contributed by atoms with van der Waals surface area (Å²) in [6, 6.07) is 15.6. The number of morpholine rings is 1. The van der Waals surface area contributed by atoms with Gasteiger partial charge in [0, 0.05) is 33.2 Å². The molecule has 1 atom stereocenters. The number of nitriles is 1. The molecule has 0 radical (unpaired) electrons. The van der Waals surface area contributed by atoms with E-state index in [1.807, 2.05) is 18.2 Å². The van der Waals surface area contributed by atoms with Crippen molar-refractivity contribution in [1.82, 2.24) is 14.5 Å². The van der Waals surface area contributed by atoms with Crippen LogP contribution in [0.15, 0.2) is 53.4 Å². The summed E-state index contributed by atoms with van der Waals surface area (Å²) in [6.07, 6.45) is 0.226. The SMILES string of the molecule is CC1CN(Cc2cccc(CNC(=O)CN(C)S(=O)(=O)c3ccc(C#N)cc3)c2)CCO1. The highest BCUT2D eigenvalue weighted by Crippen LogP contribution is 2.15. The van der Waals surface area contributed by atoms with E-state index < -0.39 is 15.9 Å². The molecule has 1 N–H and O–H groups in total. The van der Waals surface area contributed by atoms with Crippen molar-refractivity contribution < 1.29 is 17.9 Å². The maximum Gasteiger partial charge on any atom is 0.243 e. The summed E-state index contributed by atoms with van der Waals surface area (Å²) in [4.78, 5) is 14.7. The lowest BCUT2D eigenvalue weighted by molar-refractivity contribution is -0.121. The highest BCUT2D eigenvalue weighted by atomic mass is 32.2. The van der Waals surface area contributed by atoms with E-state index in [1.54, 1.807) is 0 Å². The lowest BCUT2D eigenvalue weighted by Crippen LogP contribution is -2.40. The smallest absolute Gasteiger partial charge is 0.243 e. The summed E-state index contributed by atoms with van der Waals surface area (Å²) in [6.45, 7) is 5.42. The van der Waals surface area contributed by atoms with E-state index in [0.717, 1.165) is 41.7 Å². The molecule has 3 rings (SSSR count). The fraction of sp³-hybridized carbons (Fsp3) is 0.391. The van der Waals surface area contributed by atoms with Gasteiger partial charge in [-0.15, -0.1) is 0 Å². The standard InChI is InChI=1S/C23H28N4O4S/c1-18-15-27(10-11-31-18)16-21-5-3-4-20(12-21)14-25-23(28)17-26(2)32(29,30)22-8-6-19(13-24)7-9-22/h3-9,12,18H,10-11,14-17H2,1-2H3,(H,25,28). The lowest BCUT2D eigenvalue weighted by atomic mass is 10.1. The Hall–Kier alpha value is -2.77. The number of nitrogens with zero attached hydrogens (tertiary/aromatic N) is 3. The molecule has 1 amide bonds. The first-order valence-electron chi connectivity index (χ1n) is 10.4. The van der Waals surface area contributed by atoms with E-state index in [1.165, 1.54) is 31.3 Å². The number of carbonyl (C=O) groups excluding carboxylic acids is 1. The molecule has 0 bridgehead atoms. The van der Waals surface area contributed by atoms with E-state index in [4.69, 9.17) is 10.00 Å². The maximum absolute atomic E-state index is 12.6. The van der Waals surface area contributed by atoms with Gasteiger partial charge in [-0.1, -0.05) is 24.3 Å². The molecule has 8 nitrogen and oxygen atoms in total. The van der Waals surface area contributed by atoms with Crippen LogP contribution in [-0.4, -0.2) is 62.9 Å². The van der Waals surface area contributed by atoms with Gasteiger partial charge in [0.2, 0.25) is 15.9 Å². The third-order valence-corrected chi connectivity index (χ3v) is 7.09. The molecular formula is C23H28N4O4S. The summed E-state index contributed by atoms with van der Waals surface area (Å²) in [5, 5.41) is 11.6. The van der Waals surface area contributed by atoms with E-state index in [0.29, 0.717) is 12.1 Å². The minimum Gasteiger partial charge on any atom is -0.376 e. The van der Waals surface area contributed by atoms with Gasteiger partial charge in [0.1, 0.15) is 0 Å². The predicted octanol–water partition coefficient (Wildman–Crippen LogP) is 1.72. The first kappa shape index (κ1) is 23.9. The van der Waals surface area contributed by atoms with Crippen LogP contribution in [0.25, 0.3) is 0 Å². The first-order chi connectivity index (χ1) is 15.3. The molecule has 0 saturated carbocycles. The molecule has 1 fully saturated rings. The minimum absolute atomic E-state index is 0.0388. The molecule has 32 heavy (non-hydrogen) atoms. The Kier molecular flexibility index (Phi) is 7.99. The van der Waals surface area contributed by atoms with Crippen molar-refractivity contribution >= 4 is 15.9 Å². The van der Waals surface area contributed by atoms with E-state index in [-0.39, 0.29) is 17.5 Å². The zero-order valence-corrected chi connectivity index (χ0v) is 19.1. The summed E-state index contributed by atoms with van der Waals surface area (Å²) >= 11 is 0. The van der Waals surface area contributed by atoms with Crippen molar-refractivity contribution in [1.29, 1.82) is 5.26 Å². The number of hydrogen-bond acceptors (Lipinski definition) is 6. The fourth-order valence-electron chi connectivity index (χ4n) is 3.56. The largest absolute Gasteiger partial charge is 0.376 e. The fourth-order valence-corrected chi connectivity index (χ4v) is 4.68. The van der Waals surface area contributed by atoms with Crippen LogP contribution >= 0.6 is 0 Å². The van der Waals surface area contributed by atoms with Crippen LogP contribution in [0.5, 0.6) is 0 Å². The Bertz CT molecular complexity index is 1080. The highest BCUT2D eigenvalue weighted by Gasteiger charge is 2.23. The summed E-state index contributed by atoms with van der Waals surface area (Å²) in [7, 11) is -2.46. The van der Waals surface area contributed by atoms with Crippen LogP contribution < -0.4 is 5.32 Å². The van der Waals surface area contributed by atoms with Crippen molar-refractivity contribution in [2.45, 2.75) is 31.0 Å². The minimum atomic E-state index is -3.82. The number of sulfonamides is 1. The van der Waals surface area contributed by atoms with Crippen molar-refractivity contribution in [2.75, 3.05) is 33.3 Å². The number of carbonyl (C=O) groups is 1. The van der Waals surface area contributed by atoms with Gasteiger partial charge < -0.3 is 10.1 Å². The second-order valence-electron chi connectivity index (χ2n) is 7.91. The molecule has 1 unspecified atom stereocenters. The molecule has 0 spiro atoms. The van der Waals surface area contributed by atoms with Gasteiger partial charge in [0.05, 0.1) is 35.8 Å². The Morgan fingerprint density at radius 2 is 1.97 bits per heavy atom. The Labute approximate surface area is 189 Å². The number of rotatable bonds is 8. The molecule has 9 heteroatoms. The lowest BCUT2D eigenvalue weighted by Gasteiger charge is -2.31. The number of hydrogen-bond donors (Lipinski definition) is 1. The summed E-state index contributed by atoms with van der Waals surface area (Å²) < 4.78 is 31.9. The number of nitrogens with one attached hydrogen (secondary N) is 1. The molecule has 2 aromatic carbocycles. The van der Waals surface area contributed by atoms with Gasteiger partial charge in [-0.25, -0.2) is 8.42 Å². The molecule has 1 aliphatic heterocycles. The van der Waals surface area contributed by atoms with Crippen molar-refractivity contribution in [3.63, 3.8) is 0 Å². The number of likely N-dealkylation sites (N-methyl/N-ethyl adjacent to an activating group) is 1. The first-order valence-corrected chi connectivity index (χ1v) is 11.9. The molecule has 1 aliphatic rings. The monoisotopic (exact) mass is 456 g/mol. The number of amides is 1. The van der Waals surface area contributed by atoms with Gasteiger partial charge in [-0.05, 0) is 42.3 Å². The maximum atomic E-state index is 12.6.